The van der Waals surface area contributed by atoms with Gasteiger partial charge in [-0.05, 0) is 48.5 Å². The normalized spacial score (nSPS) is 10.6. The van der Waals surface area contributed by atoms with Crippen LogP contribution in [0.2, 0.25) is 0 Å². The van der Waals surface area contributed by atoms with Crippen molar-refractivity contribution in [2.75, 3.05) is 19.1 Å². The van der Waals surface area contributed by atoms with Gasteiger partial charge in [0.1, 0.15) is 11.5 Å². The number of pyridine rings is 1. The third-order valence-corrected chi connectivity index (χ3v) is 4.22. The molecule has 6 nitrogen and oxygen atoms in total. The number of H-pyrrole nitrogens is 1. The standard InChI is InChI=1S/C20H20N2O4/c1-13(23)22(16-4-6-17(25-2)7-5-16)12-15-10-14-11-18(26-3)8-9-19(14)21-20(15)24/h4-11H,12H2,1-3H3,(H,21,24). The molecule has 2 aromatic carbocycles. The molecule has 134 valence electrons. The van der Waals surface area contributed by atoms with Crippen LogP contribution in [0.1, 0.15) is 12.5 Å². The Kier molecular flexibility index (Phi) is 4.93. The number of hydrogen-bond acceptors (Lipinski definition) is 4. The van der Waals surface area contributed by atoms with Crippen LogP contribution in [-0.2, 0) is 11.3 Å². The zero-order chi connectivity index (χ0) is 18.7. The van der Waals surface area contributed by atoms with Crippen LogP contribution >= 0.6 is 0 Å². The number of amides is 1. The van der Waals surface area contributed by atoms with Gasteiger partial charge in [-0.3, -0.25) is 9.59 Å². The van der Waals surface area contributed by atoms with E-state index in [0.29, 0.717) is 22.7 Å². The van der Waals surface area contributed by atoms with Crippen LogP contribution in [0.3, 0.4) is 0 Å². The van der Waals surface area contributed by atoms with Gasteiger partial charge in [-0.15, -0.1) is 0 Å². The Hall–Kier alpha value is -3.28. The number of carbonyl (C=O) groups excluding carboxylic acids is 1. The minimum absolute atomic E-state index is 0.152. The first-order valence-electron chi connectivity index (χ1n) is 8.14. The van der Waals surface area contributed by atoms with Crippen LogP contribution in [-0.4, -0.2) is 25.1 Å². The van der Waals surface area contributed by atoms with Crippen molar-refractivity contribution in [1.29, 1.82) is 0 Å². The highest BCUT2D eigenvalue weighted by atomic mass is 16.5. The highest BCUT2D eigenvalue weighted by molar-refractivity contribution is 5.91. The van der Waals surface area contributed by atoms with Gasteiger partial charge in [-0.1, -0.05) is 0 Å². The number of nitrogens with zero attached hydrogens (tertiary/aromatic N) is 1. The van der Waals surface area contributed by atoms with Crippen LogP contribution in [0.15, 0.2) is 53.3 Å². The number of anilines is 1. The molecule has 0 bridgehead atoms. The van der Waals surface area contributed by atoms with Gasteiger partial charge in [0.05, 0.1) is 20.8 Å². The molecule has 0 aliphatic carbocycles. The number of aromatic nitrogens is 1. The van der Waals surface area contributed by atoms with E-state index in [1.165, 1.54) is 6.92 Å². The van der Waals surface area contributed by atoms with Gasteiger partial charge in [0, 0.05) is 29.1 Å². The Labute approximate surface area is 151 Å². The molecule has 0 saturated heterocycles. The van der Waals surface area contributed by atoms with Crippen molar-refractivity contribution in [3.63, 3.8) is 0 Å². The van der Waals surface area contributed by atoms with Crippen LogP contribution < -0.4 is 19.9 Å². The van der Waals surface area contributed by atoms with Crippen molar-refractivity contribution in [2.24, 2.45) is 0 Å². The second-order valence-electron chi connectivity index (χ2n) is 5.88. The zero-order valence-corrected chi connectivity index (χ0v) is 14.9. The number of fused-ring (bicyclic) bond motifs is 1. The minimum atomic E-state index is -0.220. The fraction of sp³-hybridized carbons (Fsp3) is 0.200. The largest absolute Gasteiger partial charge is 0.497 e. The van der Waals surface area contributed by atoms with E-state index >= 15 is 0 Å². The lowest BCUT2D eigenvalue weighted by Crippen LogP contribution is -2.30. The molecular weight excluding hydrogens is 332 g/mol. The summed E-state index contributed by atoms with van der Waals surface area (Å²) < 4.78 is 10.4. The van der Waals surface area contributed by atoms with E-state index in [0.717, 1.165) is 10.9 Å². The molecule has 6 heteroatoms. The Morgan fingerprint density at radius 1 is 1.00 bits per heavy atom. The minimum Gasteiger partial charge on any atom is -0.497 e. The summed E-state index contributed by atoms with van der Waals surface area (Å²) in [4.78, 5) is 29.0. The second kappa shape index (κ2) is 7.31. The molecule has 1 heterocycles. The maximum absolute atomic E-state index is 12.4. The monoisotopic (exact) mass is 352 g/mol. The van der Waals surface area contributed by atoms with E-state index in [2.05, 4.69) is 4.98 Å². The summed E-state index contributed by atoms with van der Waals surface area (Å²) in [6, 6.07) is 14.4. The lowest BCUT2D eigenvalue weighted by Gasteiger charge is -2.21. The quantitative estimate of drug-likeness (QED) is 0.766. The maximum atomic E-state index is 12.4. The smallest absolute Gasteiger partial charge is 0.253 e. The Morgan fingerprint density at radius 3 is 2.27 bits per heavy atom. The average Bonchev–Trinajstić information content (AvgIpc) is 2.65. The van der Waals surface area contributed by atoms with Crippen molar-refractivity contribution in [3.8, 4) is 11.5 Å². The molecule has 0 radical (unpaired) electrons. The van der Waals surface area contributed by atoms with Crippen molar-refractivity contribution < 1.29 is 14.3 Å². The summed E-state index contributed by atoms with van der Waals surface area (Å²) >= 11 is 0. The highest BCUT2D eigenvalue weighted by Gasteiger charge is 2.15. The van der Waals surface area contributed by atoms with Crippen LogP contribution in [0, 0.1) is 0 Å². The second-order valence-corrected chi connectivity index (χ2v) is 5.88. The lowest BCUT2D eigenvalue weighted by molar-refractivity contribution is -0.116. The number of ether oxygens (including phenoxy) is 2. The van der Waals surface area contributed by atoms with Crippen molar-refractivity contribution in [1.82, 2.24) is 4.98 Å². The molecule has 0 aliphatic heterocycles. The van der Waals surface area contributed by atoms with Gasteiger partial charge >= 0.3 is 0 Å². The zero-order valence-electron chi connectivity index (χ0n) is 14.9. The van der Waals surface area contributed by atoms with Gasteiger partial charge < -0.3 is 19.4 Å². The summed E-state index contributed by atoms with van der Waals surface area (Å²) in [5.74, 6) is 1.25. The molecule has 0 aliphatic rings. The van der Waals surface area contributed by atoms with Crippen molar-refractivity contribution in [2.45, 2.75) is 13.5 Å². The number of carbonyl (C=O) groups is 1. The molecule has 1 N–H and O–H groups in total. The summed E-state index contributed by atoms with van der Waals surface area (Å²) in [5.41, 5.74) is 1.70. The molecule has 3 rings (SSSR count). The first-order valence-corrected chi connectivity index (χ1v) is 8.14. The average molecular weight is 352 g/mol. The molecule has 0 saturated carbocycles. The molecule has 1 amide bonds. The number of methoxy groups -OCH3 is 2. The Morgan fingerprint density at radius 2 is 1.65 bits per heavy atom. The maximum Gasteiger partial charge on any atom is 0.253 e. The van der Waals surface area contributed by atoms with Gasteiger partial charge in [-0.25, -0.2) is 0 Å². The highest BCUT2D eigenvalue weighted by Crippen LogP contribution is 2.23. The molecule has 0 spiro atoms. The Balaban J connectivity index is 1.99. The first kappa shape index (κ1) is 17.5. The van der Waals surface area contributed by atoms with Crippen molar-refractivity contribution >= 4 is 22.5 Å². The van der Waals surface area contributed by atoms with Crippen LogP contribution in [0.25, 0.3) is 10.9 Å². The summed E-state index contributed by atoms with van der Waals surface area (Å²) in [6.07, 6.45) is 0. The third kappa shape index (κ3) is 3.54. The van der Waals surface area contributed by atoms with Gasteiger partial charge in [0.25, 0.3) is 5.56 Å². The molecule has 0 fully saturated rings. The molecule has 26 heavy (non-hydrogen) atoms. The SMILES string of the molecule is COc1ccc(N(Cc2cc3cc(OC)ccc3[nH]c2=O)C(C)=O)cc1. The summed E-state index contributed by atoms with van der Waals surface area (Å²) in [5, 5.41) is 0.845. The van der Waals surface area contributed by atoms with E-state index in [1.54, 1.807) is 61.6 Å². The predicted octanol–water partition coefficient (Wildman–Crippen LogP) is 3.10. The number of aromatic amines is 1. The molecule has 3 aromatic rings. The molecule has 1 aromatic heterocycles. The number of benzene rings is 2. The third-order valence-electron chi connectivity index (χ3n) is 4.22. The summed E-state index contributed by atoms with van der Waals surface area (Å²) in [6.45, 7) is 1.65. The molecular formula is C20H20N2O4. The fourth-order valence-electron chi connectivity index (χ4n) is 2.79. The van der Waals surface area contributed by atoms with Gasteiger partial charge in [-0.2, -0.15) is 0 Å². The lowest BCUT2D eigenvalue weighted by atomic mass is 10.1. The van der Waals surface area contributed by atoms with Crippen molar-refractivity contribution in [3.05, 3.63) is 64.4 Å². The van der Waals surface area contributed by atoms with Crippen LogP contribution in [0.5, 0.6) is 11.5 Å². The van der Waals surface area contributed by atoms with Gasteiger partial charge in [0.2, 0.25) is 5.91 Å². The first-order chi connectivity index (χ1) is 12.5. The topological polar surface area (TPSA) is 71.6 Å². The fourth-order valence-corrected chi connectivity index (χ4v) is 2.79. The van der Waals surface area contributed by atoms with E-state index in [1.807, 2.05) is 6.07 Å². The predicted molar refractivity (Wildman–Crippen MR) is 101 cm³/mol. The Bertz CT molecular complexity index is 993. The molecule has 0 unspecified atom stereocenters. The van der Waals surface area contributed by atoms with E-state index in [-0.39, 0.29) is 18.0 Å². The molecule has 0 atom stereocenters. The van der Waals surface area contributed by atoms with E-state index < -0.39 is 0 Å². The van der Waals surface area contributed by atoms with E-state index in [4.69, 9.17) is 9.47 Å². The number of nitrogens with one attached hydrogen (secondary N) is 1. The number of hydrogen-bond donors (Lipinski definition) is 1. The number of rotatable bonds is 5. The van der Waals surface area contributed by atoms with Gasteiger partial charge in [0.15, 0.2) is 0 Å². The van der Waals surface area contributed by atoms with E-state index in [9.17, 15) is 9.59 Å². The van der Waals surface area contributed by atoms with Crippen LogP contribution in [0.4, 0.5) is 5.69 Å². The summed E-state index contributed by atoms with van der Waals surface area (Å²) in [7, 11) is 3.18.